The Morgan fingerprint density at radius 2 is 1.73 bits per heavy atom. The minimum atomic E-state index is 0.240. The van der Waals surface area contributed by atoms with E-state index in [2.05, 4.69) is 12.2 Å². The fraction of sp³-hybridized carbons (Fsp3) is 0.214. The number of carbonyl (C=O) groups is 1. The lowest BCUT2D eigenvalue weighted by atomic mass is 10.00. The molecule has 0 saturated carbocycles. The molecule has 2 rings (SSSR count). The number of Topliss-reactive ketones (excluding diaryl/α,β-unsaturated/α-hetero) is 1. The first kappa shape index (κ1) is 9.91. The summed E-state index contributed by atoms with van der Waals surface area (Å²) in [5.41, 5.74) is 0.823. The molecule has 0 radical (unpaired) electrons. The van der Waals surface area contributed by atoms with Crippen LogP contribution in [0.25, 0.3) is 0 Å². The Morgan fingerprint density at radius 3 is 2.40 bits per heavy atom. The number of benzene rings is 1. The van der Waals surface area contributed by atoms with Crippen LogP contribution in [-0.2, 0) is 0 Å². The normalized spacial score (nSPS) is 14.7. The summed E-state index contributed by atoms with van der Waals surface area (Å²) in [6, 6.07) is 9.50. The van der Waals surface area contributed by atoms with Gasteiger partial charge in [-0.05, 0) is 12.3 Å². The van der Waals surface area contributed by atoms with Gasteiger partial charge in [0.25, 0.3) is 0 Å². The van der Waals surface area contributed by atoms with Crippen molar-refractivity contribution in [2.45, 2.75) is 12.8 Å². The van der Waals surface area contributed by atoms with Gasteiger partial charge in [-0.2, -0.15) is 0 Å². The quantitative estimate of drug-likeness (QED) is 0.678. The molecule has 0 amide bonds. The van der Waals surface area contributed by atoms with E-state index >= 15 is 0 Å². The van der Waals surface area contributed by atoms with Crippen molar-refractivity contribution in [1.29, 1.82) is 0 Å². The fourth-order valence-corrected chi connectivity index (χ4v) is 1.74. The first-order valence-corrected chi connectivity index (χ1v) is 5.29. The van der Waals surface area contributed by atoms with E-state index < -0.39 is 0 Å². The Kier molecular flexibility index (Phi) is 3.13. The van der Waals surface area contributed by atoms with E-state index in [4.69, 9.17) is 0 Å². The third kappa shape index (κ3) is 2.66. The highest BCUT2D eigenvalue weighted by Gasteiger charge is 2.09. The zero-order chi connectivity index (χ0) is 10.5. The topological polar surface area (TPSA) is 17.1 Å². The van der Waals surface area contributed by atoms with Crippen molar-refractivity contribution < 1.29 is 4.79 Å². The average molecular weight is 198 g/mol. The second-order valence-corrected chi connectivity index (χ2v) is 3.76. The van der Waals surface area contributed by atoms with Gasteiger partial charge < -0.3 is 0 Å². The molecule has 0 fully saturated rings. The molecule has 0 aliphatic heterocycles. The predicted molar refractivity (Wildman–Crippen MR) is 61.8 cm³/mol. The maximum absolute atomic E-state index is 11.8. The molecule has 1 aromatic rings. The number of hydrogen-bond donors (Lipinski definition) is 0. The monoisotopic (exact) mass is 198 g/mol. The van der Waals surface area contributed by atoms with E-state index in [-0.39, 0.29) is 5.78 Å². The van der Waals surface area contributed by atoms with Crippen molar-refractivity contribution in [3.63, 3.8) is 0 Å². The molecule has 0 aromatic heterocycles. The zero-order valence-electron chi connectivity index (χ0n) is 8.60. The van der Waals surface area contributed by atoms with E-state index in [1.165, 1.54) is 0 Å². The van der Waals surface area contributed by atoms with Crippen molar-refractivity contribution in [3.8, 4) is 0 Å². The van der Waals surface area contributed by atoms with Crippen LogP contribution in [0.3, 0.4) is 0 Å². The Labute approximate surface area is 90.1 Å². The Balaban J connectivity index is 1.88. The molecule has 1 aliphatic carbocycles. The highest BCUT2D eigenvalue weighted by Crippen LogP contribution is 2.16. The molecule has 1 aliphatic rings. The van der Waals surface area contributed by atoms with Gasteiger partial charge in [-0.15, -0.1) is 0 Å². The van der Waals surface area contributed by atoms with Crippen molar-refractivity contribution in [1.82, 2.24) is 0 Å². The van der Waals surface area contributed by atoms with Crippen molar-refractivity contribution in [3.05, 3.63) is 60.2 Å². The molecule has 1 aromatic carbocycles. The molecule has 1 nitrogen and oxygen atoms in total. The fourth-order valence-electron chi connectivity index (χ4n) is 1.74. The van der Waals surface area contributed by atoms with Crippen LogP contribution in [-0.4, -0.2) is 5.78 Å². The Hall–Kier alpha value is -1.63. The summed E-state index contributed by atoms with van der Waals surface area (Å²) in [5.74, 6) is 0.696. The van der Waals surface area contributed by atoms with Crippen LogP contribution in [0.1, 0.15) is 23.2 Å². The number of allylic oxidation sites excluding steroid dienone is 4. The number of carbonyl (C=O) groups excluding carboxylic acids is 1. The van der Waals surface area contributed by atoms with Gasteiger partial charge in [0.2, 0.25) is 0 Å². The Morgan fingerprint density at radius 1 is 1.07 bits per heavy atom. The van der Waals surface area contributed by atoms with E-state index in [0.29, 0.717) is 12.3 Å². The van der Waals surface area contributed by atoms with Gasteiger partial charge in [0, 0.05) is 12.0 Å². The zero-order valence-corrected chi connectivity index (χ0v) is 8.60. The molecule has 0 heterocycles. The molecule has 0 unspecified atom stereocenters. The molecular formula is C14H14O. The molecule has 0 bridgehead atoms. The number of ketones is 1. The molecule has 76 valence electrons. The Bertz CT molecular complexity index is 375. The van der Waals surface area contributed by atoms with E-state index in [9.17, 15) is 4.79 Å². The molecular weight excluding hydrogens is 184 g/mol. The summed E-state index contributed by atoms with van der Waals surface area (Å²) < 4.78 is 0. The molecule has 0 spiro atoms. The highest BCUT2D eigenvalue weighted by molar-refractivity contribution is 5.95. The number of hydrogen-bond acceptors (Lipinski definition) is 1. The minimum Gasteiger partial charge on any atom is -0.294 e. The van der Waals surface area contributed by atoms with Crippen molar-refractivity contribution in [2.24, 2.45) is 5.92 Å². The summed E-state index contributed by atoms with van der Waals surface area (Å²) in [7, 11) is 0. The average Bonchev–Trinajstić information content (AvgIpc) is 2.80. The van der Waals surface area contributed by atoms with Gasteiger partial charge in [-0.3, -0.25) is 4.79 Å². The lowest BCUT2D eigenvalue weighted by molar-refractivity contribution is 0.0978. The lowest BCUT2D eigenvalue weighted by Gasteiger charge is -2.04. The minimum absolute atomic E-state index is 0.240. The third-order valence-electron chi connectivity index (χ3n) is 2.63. The van der Waals surface area contributed by atoms with Crippen LogP contribution in [0.5, 0.6) is 0 Å². The third-order valence-corrected chi connectivity index (χ3v) is 2.63. The summed E-state index contributed by atoms with van der Waals surface area (Å²) in [4.78, 5) is 11.8. The molecule has 0 N–H and O–H groups in total. The van der Waals surface area contributed by atoms with Gasteiger partial charge in [-0.1, -0.05) is 54.6 Å². The highest BCUT2D eigenvalue weighted by atomic mass is 16.1. The van der Waals surface area contributed by atoms with Crippen LogP contribution >= 0.6 is 0 Å². The van der Waals surface area contributed by atoms with Crippen LogP contribution in [0.4, 0.5) is 0 Å². The van der Waals surface area contributed by atoms with Crippen LogP contribution in [0, 0.1) is 5.92 Å². The van der Waals surface area contributed by atoms with Crippen LogP contribution in [0.2, 0.25) is 0 Å². The molecule has 15 heavy (non-hydrogen) atoms. The summed E-state index contributed by atoms with van der Waals surface area (Å²) in [6.07, 6.45) is 9.90. The van der Waals surface area contributed by atoms with Gasteiger partial charge >= 0.3 is 0 Å². The van der Waals surface area contributed by atoms with Gasteiger partial charge in [0.1, 0.15) is 0 Å². The maximum atomic E-state index is 11.8. The molecule has 1 heteroatoms. The predicted octanol–water partition coefficient (Wildman–Crippen LogP) is 3.39. The first-order chi connectivity index (χ1) is 7.36. The maximum Gasteiger partial charge on any atom is 0.162 e. The second kappa shape index (κ2) is 4.74. The number of rotatable bonds is 4. The SMILES string of the molecule is O=C(CCC1C=CC=C1)c1ccccc1. The van der Waals surface area contributed by atoms with Crippen molar-refractivity contribution in [2.75, 3.05) is 0 Å². The smallest absolute Gasteiger partial charge is 0.162 e. The van der Waals surface area contributed by atoms with Gasteiger partial charge in [0.05, 0.1) is 0 Å². The van der Waals surface area contributed by atoms with Crippen LogP contribution in [0.15, 0.2) is 54.6 Å². The summed E-state index contributed by atoms with van der Waals surface area (Å²) in [5, 5.41) is 0. The second-order valence-electron chi connectivity index (χ2n) is 3.76. The van der Waals surface area contributed by atoms with E-state index in [1.54, 1.807) is 0 Å². The molecule has 0 saturated heterocycles. The van der Waals surface area contributed by atoms with Crippen LogP contribution < -0.4 is 0 Å². The van der Waals surface area contributed by atoms with E-state index in [1.807, 2.05) is 42.5 Å². The van der Waals surface area contributed by atoms with Crippen molar-refractivity contribution >= 4 is 5.78 Å². The summed E-state index contributed by atoms with van der Waals surface area (Å²) in [6.45, 7) is 0. The molecule has 0 atom stereocenters. The van der Waals surface area contributed by atoms with E-state index in [0.717, 1.165) is 12.0 Å². The standard InChI is InChI=1S/C14H14O/c15-14(13-8-2-1-3-9-13)11-10-12-6-4-5-7-12/h1-9,12H,10-11H2. The van der Waals surface area contributed by atoms with Gasteiger partial charge in [0.15, 0.2) is 5.78 Å². The first-order valence-electron chi connectivity index (χ1n) is 5.29. The lowest BCUT2D eigenvalue weighted by Crippen LogP contribution is -2.01. The largest absolute Gasteiger partial charge is 0.294 e. The summed E-state index contributed by atoms with van der Waals surface area (Å²) >= 11 is 0. The van der Waals surface area contributed by atoms with Gasteiger partial charge in [-0.25, -0.2) is 0 Å².